The third-order valence-electron chi connectivity index (χ3n) is 1.21. The van der Waals surface area contributed by atoms with Gasteiger partial charge >= 0.3 is 6.16 Å². The molecule has 0 aliphatic rings. The topological polar surface area (TPSA) is 44.8 Å². The summed E-state index contributed by atoms with van der Waals surface area (Å²) in [5, 5.41) is 0. The van der Waals surface area contributed by atoms with Crippen LogP contribution in [0.15, 0.2) is 30.3 Å². The molecule has 70 valence electrons. The Morgan fingerprint density at radius 1 is 1.31 bits per heavy atom. The van der Waals surface area contributed by atoms with E-state index in [-0.39, 0.29) is 6.61 Å². The Hall–Kier alpha value is -1.71. The summed E-state index contributed by atoms with van der Waals surface area (Å²) in [4.78, 5) is 19.6. The van der Waals surface area contributed by atoms with Gasteiger partial charge in [-0.3, -0.25) is 4.89 Å². The predicted molar refractivity (Wildman–Crippen MR) is 45.2 cm³/mol. The first-order chi connectivity index (χ1) is 6.33. The van der Waals surface area contributed by atoms with Crippen LogP contribution in [0, 0.1) is 0 Å². The van der Waals surface area contributed by atoms with E-state index in [2.05, 4.69) is 14.5 Å². The van der Waals surface area contributed by atoms with E-state index >= 15 is 0 Å². The van der Waals surface area contributed by atoms with Crippen LogP contribution in [-0.2, 0) is 9.62 Å². The molecule has 0 spiro atoms. The molecule has 4 nitrogen and oxygen atoms in total. The maximum atomic E-state index is 10.6. The number of carbonyl (C=O) groups is 1. The largest absolute Gasteiger partial charge is 0.549 e. The summed E-state index contributed by atoms with van der Waals surface area (Å²) in [5.74, 6) is 0.454. The van der Waals surface area contributed by atoms with Crippen molar-refractivity contribution in [2.45, 2.75) is 6.92 Å². The quantitative estimate of drug-likeness (QED) is 0.408. The van der Waals surface area contributed by atoms with Crippen molar-refractivity contribution in [2.75, 3.05) is 6.61 Å². The molecule has 1 rings (SSSR count). The monoisotopic (exact) mass is 182 g/mol. The van der Waals surface area contributed by atoms with Crippen molar-refractivity contribution in [3.63, 3.8) is 0 Å². The van der Waals surface area contributed by atoms with Gasteiger partial charge in [0.15, 0.2) is 5.75 Å². The standard InChI is InChI=1S/C9H10O4/c1-2-11-9(10)13-12-8-6-4-3-5-7-8/h3-7H,2H2,1H3. The molecule has 1 aromatic carbocycles. The highest BCUT2D eigenvalue weighted by molar-refractivity contribution is 5.59. The summed E-state index contributed by atoms with van der Waals surface area (Å²) in [5.41, 5.74) is 0. The molecule has 1 aromatic rings. The smallest absolute Gasteiger partial charge is 0.432 e. The first-order valence-corrected chi connectivity index (χ1v) is 3.89. The minimum atomic E-state index is -0.841. The summed E-state index contributed by atoms with van der Waals surface area (Å²) in [6, 6.07) is 8.70. The second-order valence-electron chi connectivity index (χ2n) is 2.16. The third kappa shape index (κ3) is 3.46. The van der Waals surface area contributed by atoms with Gasteiger partial charge in [-0.05, 0) is 19.1 Å². The van der Waals surface area contributed by atoms with Gasteiger partial charge in [0.2, 0.25) is 0 Å². The van der Waals surface area contributed by atoms with Crippen molar-refractivity contribution in [2.24, 2.45) is 0 Å². The second-order valence-corrected chi connectivity index (χ2v) is 2.16. The zero-order chi connectivity index (χ0) is 9.52. The van der Waals surface area contributed by atoms with E-state index in [1.165, 1.54) is 0 Å². The fourth-order valence-corrected chi connectivity index (χ4v) is 0.700. The Morgan fingerprint density at radius 3 is 2.62 bits per heavy atom. The first kappa shape index (κ1) is 9.38. The molecule has 0 unspecified atom stereocenters. The molecule has 0 aromatic heterocycles. The molecule has 13 heavy (non-hydrogen) atoms. The average Bonchev–Trinajstić information content (AvgIpc) is 2.17. The van der Waals surface area contributed by atoms with Crippen molar-refractivity contribution >= 4 is 6.16 Å². The molecule has 0 aliphatic heterocycles. The SMILES string of the molecule is CCOC(=O)OOc1ccccc1. The summed E-state index contributed by atoms with van der Waals surface area (Å²) in [7, 11) is 0. The van der Waals surface area contributed by atoms with Gasteiger partial charge in [0.25, 0.3) is 0 Å². The van der Waals surface area contributed by atoms with Crippen LogP contribution in [0.5, 0.6) is 5.75 Å². The number of ether oxygens (including phenoxy) is 1. The van der Waals surface area contributed by atoms with Crippen LogP contribution in [0.3, 0.4) is 0 Å². The lowest BCUT2D eigenvalue weighted by molar-refractivity contribution is -0.167. The van der Waals surface area contributed by atoms with E-state index in [1.807, 2.05) is 6.07 Å². The molecular weight excluding hydrogens is 172 g/mol. The lowest BCUT2D eigenvalue weighted by Gasteiger charge is -2.02. The molecule has 0 N–H and O–H groups in total. The van der Waals surface area contributed by atoms with Crippen LogP contribution in [0.2, 0.25) is 0 Å². The molecular formula is C9H10O4. The van der Waals surface area contributed by atoms with E-state index in [4.69, 9.17) is 0 Å². The summed E-state index contributed by atoms with van der Waals surface area (Å²) < 4.78 is 4.48. The number of carbonyl (C=O) groups excluding carboxylic acids is 1. The van der Waals surface area contributed by atoms with Crippen molar-refractivity contribution < 1.29 is 19.3 Å². The number of hydrogen-bond acceptors (Lipinski definition) is 4. The Kier molecular flexibility index (Phi) is 3.63. The maximum Gasteiger partial charge on any atom is 0.549 e. The van der Waals surface area contributed by atoms with Crippen molar-refractivity contribution in [3.05, 3.63) is 30.3 Å². The van der Waals surface area contributed by atoms with Crippen molar-refractivity contribution in [1.29, 1.82) is 0 Å². The van der Waals surface area contributed by atoms with Crippen LogP contribution in [0.25, 0.3) is 0 Å². The van der Waals surface area contributed by atoms with Crippen LogP contribution in [0.4, 0.5) is 4.79 Å². The van der Waals surface area contributed by atoms with Gasteiger partial charge in [-0.1, -0.05) is 18.2 Å². The zero-order valence-electron chi connectivity index (χ0n) is 7.23. The molecule has 4 heteroatoms. The fourth-order valence-electron chi connectivity index (χ4n) is 0.700. The van der Waals surface area contributed by atoms with Gasteiger partial charge in [0, 0.05) is 0 Å². The minimum Gasteiger partial charge on any atom is -0.432 e. The molecule has 0 heterocycles. The van der Waals surface area contributed by atoms with E-state index in [9.17, 15) is 4.79 Å². The van der Waals surface area contributed by atoms with Crippen molar-refractivity contribution in [1.82, 2.24) is 0 Å². The zero-order valence-corrected chi connectivity index (χ0v) is 7.23. The van der Waals surface area contributed by atoms with Gasteiger partial charge in [0.1, 0.15) is 0 Å². The molecule has 0 atom stereocenters. The fraction of sp³-hybridized carbons (Fsp3) is 0.222. The number of para-hydroxylation sites is 1. The predicted octanol–water partition coefficient (Wildman–Crippen LogP) is 2.15. The van der Waals surface area contributed by atoms with E-state index in [0.29, 0.717) is 5.75 Å². The van der Waals surface area contributed by atoms with Gasteiger partial charge in [-0.15, -0.1) is 0 Å². The molecule has 0 amide bonds. The average molecular weight is 182 g/mol. The highest BCUT2D eigenvalue weighted by atomic mass is 17.2. The molecule has 0 fully saturated rings. The van der Waals surface area contributed by atoms with Gasteiger partial charge in [0.05, 0.1) is 6.61 Å². The summed E-state index contributed by atoms with van der Waals surface area (Å²) in [6.07, 6.45) is -0.841. The Labute approximate surface area is 76.0 Å². The third-order valence-corrected chi connectivity index (χ3v) is 1.21. The van der Waals surface area contributed by atoms with Crippen LogP contribution in [-0.4, -0.2) is 12.8 Å². The lowest BCUT2D eigenvalue weighted by atomic mass is 10.3. The van der Waals surface area contributed by atoms with Gasteiger partial charge in [-0.2, -0.15) is 4.79 Å². The molecule has 0 bridgehead atoms. The normalized spacial score (nSPS) is 9.00. The van der Waals surface area contributed by atoms with Crippen LogP contribution < -0.4 is 4.89 Å². The van der Waals surface area contributed by atoms with Crippen LogP contribution in [0.1, 0.15) is 6.92 Å². The molecule has 0 aliphatic carbocycles. The molecule has 0 radical (unpaired) electrons. The Balaban J connectivity index is 2.31. The van der Waals surface area contributed by atoms with Crippen molar-refractivity contribution in [3.8, 4) is 5.75 Å². The molecule has 0 saturated heterocycles. The van der Waals surface area contributed by atoms with E-state index in [1.54, 1.807) is 31.2 Å². The Bertz CT molecular complexity index is 258. The number of benzene rings is 1. The lowest BCUT2D eigenvalue weighted by Crippen LogP contribution is -2.09. The summed E-state index contributed by atoms with van der Waals surface area (Å²) >= 11 is 0. The second kappa shape index (κ2) is 5.03. The van der Waals surface area contributed by atoms with E-state index < -0.39 is 6.16 Å². The van der Waals surface area contributed by atoms with Gasteiger partial charge in [-0.25, -0.2) is 4.89 Å². The molecule has 0 saturated carbocycles. The Morgan fingerprint density at radius 2 is 2.00 bits per heavy atom. The highest BCUT2D eigenvalue weighted by Crippen LogP contribution is 2.08. The minimum absolute atomic E-state index is 0.261. The number of hydrogen-bond donors (Lipinski definition) is 0. The van der Waals surface area contributed by atoms with E-state index in [0.717, 1.165) is 0 Å². The highest BCUT2D eigenvalue weighted by Gasteiger charge is 2.03. The summed E-state index contributed by atoms with van der Waals surface area (Å²) in [6.45, 7) is 1.95. The number of rotatable bonds is 3. The van der Waals surface area contributed by atoms with Crippen LogP contribution >= 0.6 is 0 Å². The first-order valence-electron chi connectivity index (χ1n) is 3.89. The van der Waals surface area contributed by atoms with Gasteiger partial charge < -0.3 is 4.74 Å². The maximum absolute atomic E-state index is 10.6.